The Labute approximate surface area is 67.9 Å². The highest BCUT2D eigenvalue weighted by molar-refractivity contribution is 4.86. The lowest BCUT2D eigenvalue weighted by Gasteiger charge is -2.25. The molecule has 1 spiro atoms. The minimum Gasteiger partial charge on any atom is -0.378 e. The van der Waals surface area contributed by atoms with Gasteiger partial charge >= 0.3 is 0 Å². The van der Waals surface area contributed by atoms with Gasteiger partial charge in [-0.1, -0.05) is 0 Å². The van der Waals surface area contributed by atoms with Gasteiger partial charge in [-0.05, 0) is 32.1 Å². The molecular weight excluding hydrogens is 140 g/mol. The van der Waals surface area contributed by atoms with E-state index in [0.29, 0.717) is 0 Å². The van der Waals surface area contributed by atoms with Crippen LogP contribution < -0.4 is 0 Å². The quantitative estimate of drug-likeness (QED) is 0.532. The minimum atomic E-state index is 0.135. The van der Waals surface area contributed by atoms with Gasteiger partial charge in [-0.25, -0.2) is 0 Å². The number of ether oxygens (including phenoxy) is 2. The Balaban J connectivity index is 1.97. The van der Waals surface area contributed by atoms with Crippen LogP contribution in [0, 0.1) is 0 Å². The van der Waals surface area contributed by atoms with E-state index < -0.39 is 0 Å². The highest BCUT2D eigenvalue weighted by Crippen LogP contribution is 2.32. The molecule has 2 heteroatoms. The molecule has 0 aromatic rings. The zero-order chi connectivity index (χ0) is 7.57. The first-order chi connectivity index (χ1) is 5.41. The maximum absolute atomic E-state index is 5.74. The second kappa shape index (κ2) is 3.11. The lowest BCUT2D eigenvalue weighted by molar-refractivity contribution is -0.0554. The van der Waals surface area contributed by atoms with Crippen molar-refractivity contribution in [3.8, 4) is 0 Å². The molecule has 0 aliphatic carbocycles. The standard InChI is InChI=1S/C9H16O2/c1-2-6-10-8-9(4-1)5-3-7-11-9/h1-8H2. The fourth-order valence-electron chi connectivity index (χ4n) is 2.05. The molecule has 64 valence electrons. The van der Waals surface area contributed by atoms with Crippen molar-refractivity contribution in [2.24, 2.45) is 0 Å². The largest absolute Gasteiger partial charge is 0.378 e. The van der Waals surface area contributed by atoms with Crippen LogP contribution in [-0.4, -0.2) is 25.4 Å². The Hall–Kier alpha value is -0.0800. The third-order valence-electron chi connectivity index (χ3n) is 2.72. The maximum atomic E-state index is 5.74. The van der Waals surface area contributed by atoms with Crippen molar-refractivity contribution < 1.29 is 9.47 Å². The Bertz CT molecular complexity index is 118. The van der Waals surface area contributed by atoms with E-state index in [1.54, 1.807) is 0 Å². The van der Waals surface area contributed by atoms with Crippen LogP contribution in [0.1, 0.15) is 32.1 Å². The van der Waals surface area contributed by atoms with E-state index in [4.69, 9.17) is 9.47 Å². The first-order valence-electron chi connectivity index (χ1n) is 4.63. The number of hydrogen-bond acceptors (Lipinski definition) is 2. The van der Waals surface area contributed by atoms with Crippen molar-refractivity contribution >= 4 is 0 Å². The molecule has 0 aromatic carbocycles. The van der Waals surface area contributed by atoms with Crippen LogP contribution in [0.15, 0.2) is 0 Å². The van der Waals surface area contributed by atoms with Gasteiger partial charge in [0.25, 0.3) is 0 Å². The summed E-state index contributed by atoms with van der Waals surface area (Å²) in [5.74, 6) is 0. The summed E-state index contributed by atoms with van der Waals surface area (Å²) in [6.07, 6.45) is 6.15. The third-order valence-corrected chi connectivity index (χ3v) is 2.72. The topological polar surface area (TPSA) is 18.5 Å². The lowest BCUT2D eigenvalue weighted by Crippen LogP contribution is -2.32. The Kier molecular flexibility index (Phi) is 2.14. The summed E-state index contributed by atoms with van der Waals surface area (Å²) in [6.45, 7) is 2.72. The molecule has 2 nitrogen and oxygen atoms in total. The average Bonchev–Trinajstić information content (AvgIpc) is 2.32. The summed E-state index contributed by atoms with van der Waals surface area (Å²) < 4.78 is 11.2. The van der Waals surface area contributed by atoms with Gasteiger partial charge in [0.2, 0.25) is 0 Å². The third kappa shape index (κ3) is 1.57. The van der Waals surface area contributed by atoms with Gasteiger partial charge in [0.05, 0.1) is 12.2 Å². The molecule has 2 saturated heterocycles. The van der Waals surface area contributed by atoms with Crippen LogP contribution in [0.25, 0.3) is 0 Å². The van der Waals surface area contributed by atoms with Crippen LogP contribution in [0.3, 0.4) is 0 Å². The molecule has 2 rings (SSSR count). The summed E-state index contributed by atoms with van der Waals surface area (Å²) >= 11 is 0. The molecule has 1 unspecified atom stereocenters. The van der Waals surface area contributed by atoms with E-state index in [9.17, 15) is 0 Å². The highest BCUT2D eigenvalue weighted by Gasteiger charge is 2.35. The van der Waals surface area contributed by atoms with E-state index in [-0.39, 0.29) is 5.60 Å². The van der Waals surface area contributed by atoms with Crippen molar-refractivity contribution in [3.63, 3.8) is 0 Å². The first-order valence-corrected chi connectivity index (χ1v) is 4.63. The van der Waals surface area contributed by atoms with Gasteiger partial charge in [-0.15, -0.1) is 0 Å². The molecule has 0 bridgehead atoms. The fraction of sp³-hybridized carbons (Fsp3) is 1.00. The maximum Gasteiger partial charge on any atom is 0.0915 e. The van der Waals surface area contributed by atoms with Gasteiger partial charge in [-0.3, -0.25) is 0 Å². The molecular formula is C9H16O2. The van der Waals surface area contributed by atoms with Gasteiger partial charge in [0.15, 0.2) is 0 Å². The summed E-state index contributed by atoms with van der Waals surface area (Å²) in [5.41, 5.74) is 0.135. The Morgan fingerprint density at radius 2 is 1.82 bits per heavy atom. The summed E-state index contributed by atoms with van der Waals surface area (Å²) in [6, 6.07) is 0. The average molecular weight is 156 g/mol. The molecule has 0 N–H and O–H groups in total. The highest BCUT2D eigenvalue weighted by atomic mass is 16.5. The van der Waals surface area contributed by atoms with Crippen molar-refractivity contribution in [1.29, 1.82) is 0 Å². The molecule has 0 amide bonds. The van der Waals surface area contributed by atoms with E-state index in [2.05, 4.69) is 0 Å². The van der Waals surface area contributed by atoms with Crippen molar-refractivity contribution in [2.45, 2.75) is 37.7 Å². The van der Waals surface area contributed by atoms with Crippen molar-refractivity contribution in [3.05, 3.63) is 0 Å². The second-order valence-electron chi connectivity index (χ2n) is 3.64. The van der Waals surface area contributed by atoms with E-state index in [1.165, 1.54) is 32.1 Å². The molecule has 2 aliphatic rings. The fourth-order valence-corrected chi connectivity index (χ4v) is 2.05. The molecule has 0 aromatic heterocycles. The van der Waals surface area contributed by atoms with Crippen LogP contribution >= 0.6 is 0 Å². The summed E-state index contributed by atoms with van der Waals surface area (Å²) in [4.78, 5) is 0. The van der Waals surface area contributed by atoms with Gasteiger partial charge in [0, 0.05) is 13.2 Å². The first kappa shape index (κ1) is 7.56. The van der Waals surface area contributed by atoms with Gasteiger partial charge in [0.1, 0.15) is 0 Å². The number of hydrogen-bond donors (Lipinski definition) is 0. The van der Waals surface area contributed by atoms with Crippen LogP contribution in [0.5, 0.6) is 0 Å². The smallest absolute Gasteiger partial charge is 0.0915 e. The predicted octanol–water partition coefficient (Wildman–Crippen LogP) is 1.74. The van der Waals surface area contributed by atoms with E-state index >= 15 is 0 Å². The van der Waals surface area contributed by atoms with Crippen molar-refractivity contribution in [1.82, 2.24) is 0 Å². The Morgan fingerprint density at radius 1 is 0.909 bits per heavy atom. The molecule has 0 saturated carbocycles. The van der Waals surface area contributed by atoms with Crippen LogP contribution in [0.2, 0.25) is 0 Å². The summed E-state index contributed by atoms with van der Waals surface area (Å²) in [7, 11) is 0. The second-order valence-corrected chi connectivity index (χ2v) is 3.64. The Morgan fingerprint density at radius 3 is 2.64 bits per heavy atom. The normalized spacial score (nSPS) is 39.3. The molecule has 0 radical (unpaired) electrons. The van der Waals surface area contributed by atoms with E-state index in [0.717, 1.165) is 19.8 Å². The predicted molar refractivity (Wildman–Crippen MR) is 42.6 cm³/mol. The SMILES string of the molecule is C1CCC2(CCCO2)COC1. The molecule has 1 atom stereocenters. The van der Waals surface area contributed by atoms with Gasteiger partial charge < -0.3 is 9.47 Å². The monoisotopic (exact) mass is 156 g/mol. The number of rotatable bonds is 0. The van der Waals surface area contributed by atoms with Crippen LogP contribution in [0.4, 0.5) is 0 Å². The molecule has 11 heavy (non-hydrogen) atoms. The van der Waals surface area contributed by atoms with Gasteiger partial charge in [-0.2, -0.15) is 0 Å². The van der Waals surface area contributed by atoms with E-state index in [1.807, 2.05) is 0 Å². The lowest BCUT2D eigenvalue weighted by atomic mass is 9.95. The molecule has 2 aliphatic heterocycles. The molecule has 2 fully saturated rings. The summed E-state index contributed by atoms with van der Waals surface area (Å²) in [5, 5.41) is 0. The zero-order valence-corrected chi connectivity index (χ0v) is 6.97. The van der Waals surface area contributed by atoms with Crippen LogP contribution in [-0.2, 0) is 9.47 Å². The molecule has 2 heterocycles. The van der Waals surface area contributed by atoms with Crippen molar-refractivity contribution in [2.75, 3.05) is 19.8 Å². The minimum absolute atomic E-state index is 0.135. The zero-order valence-electron chi connectivity index (χ0n) is 6.97.